The van der Waals surface area contributed by atoms with E-state index in [0.717, 1.165) is 30.0 Å². The molecule has 3 aromatic rings. The van der Waals surface area contributed by atoms with E-state index < -0.39 is 11.6 Å². The number of fused-ring (bicyclic) bond motifs is 1. The predicted octanol–water partition coefficient (Wildman–Crippen LogP) is 4.32. The second-order valence-corrected chi connectivity index (χ2v) is 6.82. The molecule has 0 unspecified atom stereocenters. The average molecular weight is 358 g/mol. The number of amides is 1. The molecule has 1 amide bonds. The number of H-pyrrole nitrogens is 1. The Morgan fingerprint density at radius 2 is 1.81 bits per heavy atom. The lowest BCUT2D eigenvalue weighted by atomic mass is 9.76. The summed E-state index contributed by atoms with van der Waals surface area (Å²) in [6.45, 7) is 0. The van der Waals surface area contributed by atoms with Crippen molar-refractivity contribution in [2.75, 3.05) is 0 Å². The van der Waals surface area contributed by atoms with E-state index in [9.17, 15) is 18.0 Å². The summed E-state index contributed by atoms with van der Waals surface area (Å²) in [5.74, 6) is -1.32. The quantitative estimate of drug-likeness (QED) is 0.656. The van der Waals surface area contributed by atoms with E-state index in [1.54, 1.807) is 12.1 Å². The van der Waals surface area contributed by atoms with Crippen LogP contribution in [0.3, 0.4) is 0 Å². The van der Waals surface area contributed by atoms with E-state index >= 15 is 0 Å². The van der Waals surface area contributed by atoms with Gasteiger partial charge in [0.2, 0.25) is 6.41 Å². The molecule has 26 heavy (non-hydrogen) atoms. The fourth-order valence-corrected chi connectivity index (χ4v) is 3.77. The van der Waals surface area contributed by atoms with Crippen LogP contribution in [0.5, 0.6) is 0 Å². The molecule has 1 fully saturated rings. The summed E-state index contributed by atoms with van der Waals surface area (Å²) in [5, 5.41) is 3.26. The van der Waals surface area contributed by atoms with Gasteiger partial charge in [-0.15, -0.1) is 0 Å². The van der Waals surface area contributed by atoms with Crippen molar-refractivity contribution in [2.24, 2.45) is 5.92 Å². The third-order valence-corrected chi connectivity index (χ3v) is 5.10. The zero-order chi connectivity index (χ0) is 18.3. The van der Waals surface area contributed by atoms with Crippen LogP contribution in [0.1, 0.15) is 18.4 Å². The van der Waals surface area contributed by atoms with E-state index in [1.165, 1.54) is 18.2 Å². The molecule has 134 valence electrons. The topological polar surface area (TPSA) is 44.9 Å². The fourth-order valence-electron chi connectivity index (χ4n) is 3.77. The van der Waals surface area contributed by atoms with Gasteiger partial charge in [0.05, 0.1) is 5.52 Å². The Balaban J connectivity index is 1.76. The first-order chi connectivity index (χ1) is 12.5. The number of aromatic amines is 1. The van der Waals surface area contributed by atoms with Crippen molar-refractivity contribution in [1.29, 1.82) is 0 Å². The molecule has 2 N–H and O–H groups in total. The Bertz CT molecular complexity index is 959. The smallest absolute Gasteiger partial charge is 0.207 e. The Kier molecular flexibility index (Phi) is 4.18. The predicted molar refractivity (Wildman–Crippen MR) is 93.0 cm³/mol. The summed E-state index contributed by atoms with van der Waals surface area (Å²) < 4.78 is 41.3. The number of carbonyl (C=O) groups excluding carboxylic acids is 1. The maximum atomic E-state index is 14.2. The Labute approximate surface area is 148 Å². The van der Waals surface area contributed by atoms with Crippen molar-refractivity contribution in [3.8, 4) is 11.3 Å². The number of aromatic nitrogens is 1. The first-order valence-corrected chi connectivity index (χ1v) is 8.50. The summed E-state index contributed by atoms with van der Waals surface area (Å²) in [6.07, 6.45) is 2.98. The maximum Gasteiger partial charge on any atom is 0.207 e. The van der Waals surface area contributed by atoms with Crippen LogP contribution in [0, 0.1) is 23.4 Å². The third-order valence-electron chi connectivity index (χ3n) is 5.10. The van der Waals surface area contributed by atoms with Crippen LogP contribution in [0.2, 0.25) is 0 Å². The summed E-state index contributed by atoms with van der Waals surface area (Å²) >= 11 is 0. The van der Waals surface area contributed by atoms with Crippen LogP contribution in [0.15, 0.2) is 36.4 Å². The number of halogens is 3. The highest BCUT2D eigenvalue weighted by Crippen LogP contribution is 2.38. The van der Waals surface area contributed by atoms with E-state index in [2.05, 4.69) is 10.3 Å². The molecule has 1 heterocycles. The highest BCUT2D eigenvalue weighted by atomic mass is 19.1. The first-order valence-electron chi connectivity index (χ1n) is 8.50. The zero-order valence-corrected chi connectivity index (χ0v) is 13.9. The molecule has 1 aliphatic carbocycles. The third kappa shape index (κ3) is 2.96. The number of hydrogen-bond acceptors (Lipinski definition) is 1. The van der Waals surface area contributed by atoms with Crippen LogP contribution in [-0.4, -0.2) is 17.4 Å². The molecule has 0 radical (unpaired) electrons. The SMILES string of the molecule is O=CNC1CC(Cc2c(-c3ccc(F)cc3)[nH]c3c(F)cc(F)cc23)C1. The van der Waals surface area contributed by atoms with Crippen molar-refractivity contribution >= 4 is 17.3 Å². The first kappa shape index (κ1) is 16.7. The lowest BCUT2D eigenvalue weighted by Crippen LogP contribution is -2.41. The van der Waals surface area contributed by atoms with Crippen molar-refractivity contribution in [3.63, 3.8) is 0 Å². The van der Waals surface area contributed by atoms with Gasteiger partial charge >= 0.3 is 0 Å². The molecule has 6 heteroatoms. The monoisotopic (exact) mass is 358 g/mol. The van der Waals surface area contributed by atoms with E-state index in [-0.39, 0.29) is 17.4 Å². The summed E-state index contributed by atoms with van der Waals surface area (Å²) in [7, 11) is 0. The van der Waals surface area contributed by atoms with Crippen molar-refractivity contribution in [3.05, 3.63) is 59.4 Å². The normalized spacial score (nSPS) is 19.3. The molecule has 0 saturated heterocycles. The zero-order valence-electron chi connectivity index (χ0n) is 13.9. The molecular formula is C20H17F3N2O. The van der Waals surface area contributed by atoms with E-state index in [1.807, 2.05) is 0 Å². The molecule has 0 bridgehead atoms. The van der Waals surface area contributed by atoms with Gasteiger partial charge in [-0.05, 0) is 66.6 Å². The minimum atomic E-state index is -0.649. The van der Waals surface area contributed by atoms with E-state index in [4.69, 9.17) is 0 Å². The van der Waals surface area contributed by atoms with Gasteiger partial charge < -0.3 is 10.3 Å². The fraction of sp³-hybridized carbons (Fsp3) is 0.250. The second kappa shape index (κ2) is 6.52. The number of nitrogens with one attached hydrogen (secondary N) is 2. The maximum absolute atomic E-state index is 14.2. The largest absolute Gasteiger partial charge is 0.356 e. The Morgan fingerprint density at radius 3 is 2.50 bits per heavy atom. The molecule has 3 nitrogen and oxygen atoms in total. The minimum Gasteiger partial charge on any atom is -0.356 e. The standard InChI is InChI=1S/C20H17F3N2O/c21-13-3-1-12(2-4-13)19-16(7-11-5-15(6-11)24-10-26)17-8-14(22)9-18(23)20(17)25-19/h1-4,8-11,15,25H,5-7H2,(H,24,26). The number of benzene rings is 2. The molecule has 4 rings (SSSR count). The van der Waals surface area contributed by atoms with Gasteiger partial charge in [-0.3, -0.25) is 4.79 Å². The van der Waals surface area contributed by atoms with Crippen LogP contribution < -0.4 is 5.32 Å². The van der Waals surface area contributed by atoms with Gasteiger partial charge in [-0.2, -0.15) is 0 Å². The van der Waals surface area contributed by atoms with Crippen molar-refractivity contribution < 1.29 is 18.0 Å². The molecule has 0 spiro atoms. The van der Waals surface area contributed by atoms with Gasteiger partial charge in [0.15, 0.2) is 0 Å². The van der Waals surface area contributed by atoms with Crippen LogP contribution in [0.25, 0.3) is 22.2 Å². The van der Waals surface area contributed by atoms with Crippen LogP contribution in [-0.2, 0) is 11.2 Å². The van der Waals surface area contributed by atoms with Crippen LogP contribution >= 0.6 is 0 Å². The molecule has 2 aromatic carbocycles. The molecular weight excluding hydrogens is 341 g/mol. The molecule has 1 saturated carbocycles. The van der Waals surface area contributed by atoms with Gasteiger partial charge in [-0.25, -0.2) is 13.2 Å². The number of carbonyl (C=O) groups is 1. The second-order valence-electron chi connectivity index (χ2n) is 6.82. The summed E-state index contributed by atoms with van der Waals surface area (Å²) in [4.78, 5) is 13.6. The summed E-state index contributed by atoms with van der Waals surface area (Å²) in [5.41, 5.74) is 2.47. The number of hydrogen-bond donors (Lipinski definition) is 2. The van der Waals surface area contributed by atoms with Gasteiger partial charge in [0.1, 0.15) is 17.5 Å². The Morgan fingerprint density at radius 1 is 1.08 bits per heavy atom. The minimum absolute atomic E-state index is 0.158. The van der Waals surface area contributed by atoms with Crippen molar-refractivity contribution in [2.45, 2.75) is 25.3 Å². The van der Waals surface area contributed by atoms with Gasteiger partial charge in [-0.1, -0.05) is 0 Å². The highest BCUT2D eigenvalue weighted by Gasteiger charge is 2.30. The van der Waals surface area contributed by atoms with Gasteiger partial charge in [0, 0.05) is 23.2 Å². The number of rotatable bonds is 5. The molecule has 1 aromatic heterocycles. The molecule has 0 atom stereocenters. The van der Waals surface area contributed by atoms with Crippen LogP contribution in [0.4, 0.5) is 13.2 Å². The average Bonchev–Trinajstić information content (AvgIpc) is 2.92. The van der Waals surface area contributed by atoms with E-state index in [0.29, 0.717) is 29.8 Å². The van der Waals surface area contributed by atoms with Gasteiger partial charge in [0.25, 0.3) is 0 Å². The van der Waals surface area contributed by atoms with Crippen molar-refractivity contribution in [1.82, 2.24) is 10.3 Å². The highest BCUT2D eigenvalue weighted by molar-refractivity contribution is 5.91. The summed E-state index contributed by atoms with van der Waals surface area (Å²) in [6, 6.07) is 8.27. The molecule has 1 aliphatic rings. The lowest BCUT2D eigenvalue weighted by molar-refractivity contribution is -0.110. The molecule has 0 aliphatic heterocycles. The Hall–Kier alpha value is -2.76. The lowest BCUT2D eigenvalue weighted by Gasteiger charge is -2.35.